The summed E-state index contributed by atoms with van der Waals surface area (Å²) in [6.07, 6.45) is 0. The van der Waals surface area contributed by atoms with Crippen molar-refractivity contribution < 1.29 is 4.79 Å². The van der Waals surface area contributed by atoms with E-state index in [1.54, 1.807) is 28.8 Å². The van der Waals surface area contributed by atoms with Crippen LogP contribution in [0.2, 0.25) is 0 Å². The summed E-state index contributed by atoms with van der Waals surface area (Å²) in [6, 6.07) is 17.4. The first-order valence-electron chi connectivity index (χ1n) is 11.2. The first-order valence-corrected chi connectivity index (χ1v) is 12.9. The third-order valence-corrected chi connectivity index (χ3v) is 7.48. The summed E-state index contributed by atoms with van der Waals surface area (Å²) in [5.74, 6) is -0.0588. The third kappa shape index (κ3) is 5.49. The molecule has 1 fully saturated rings. The Bertz CT molecular complexity index is 1180. The van der Waals surface area contributed by atoms with E-state index >= 15 is 0 Å². The highest BCUT2D eigenvalue weighted by atomic mass is 32.2. The van der Waals surface area contributed by atoms with Gasteiger partial charge in [0, 0.05) is 19.3 Å². The molecule has 1 amide bonds. The fourth-order valence-corrected chi connectivity index (χ4v) is 5.54. The van der Waals surface area contributed by atoms with Crippen molar-refractivity contribution in [2.75, 3.05) is 18.9 Å². The summed E-state index contributed by atoms with van der Waals surface area (Å²) in [6.45, 7) is 9.19. The lowest BCUT2D eigenvalue weighted by Gasteiger charge is -2.17. The van der Waals surface area contributed by atoms with Crippen LogP contribution >= 0.6 is 23.5 Å². The number of thioether (sulfide) groups is 2. The van der Waals surface area contributed by atoms with Gasteiger partial charge in [0.2, 0.25) is 0 Å². The molecule has 2 heterocycles. The van der Waals surface area contributed by atoms with Crippen molar-refractivity contribution in [3.63, 3.8) is 0 Å². The standard InChI is InChI=1S/C24H23N5OS2.C2H6/c1-4-26-19-11-10-18(13-25)12-20(19)27-24-29(14-17-8-6-5-7-9-17)22(30)21(32-24)23-28(3)16(2)15-31-23;1-2/h5-12,15,26H,4,14H2,1-3H3;1-2H3/b23-21-,27-24?;. The number of aliphatic imine (C=N–C) groups is 1. The largest absolute Gasteiger partial charge is 0.384 e. The van der Waals surface area contributed by atoms with Gasteiger partial charge in [-0.15, -0.1) is 0 Å². The SMILES string of the molecule is CC.CCNc1ccc(C#N)cc1N=C1S/C(=C2\SC=C(C)N2C)C(=O)N1Cc1ccccc1. The van der Waals surface area contributed by atoms with E-state index in [0.717, 1.165) is 28.5 Å². The van der Waals surface area contributed by atoms with Crippen LogP contribution in [-0.4, -0.2) is 34.5 Å². The Kier molecular flexibility index (Phi) is 8.85. The molecule has 4 rings (SSSR count). The number of carbonyl (C=O) groups is 1. The quantitative estimate of drug-likeness (QED) is 0.482. The first-order chi connectivity index (χ1) is 16.5. The van der Waals surface area contributed by atoms with Gasteiger partial charge in [-0.05, 0) is 54.8 Å². The van der Waals surface area contributed by atoms with Crippen LogP contribution < -0.4 is 5.32 Å². The Balaban J connectivity index is 0.00000158. The zero-order valence-corrected chi connectivity index (χ0v) is 21.8. The lowest BCUT2D eigenvalue weighted by atomic mass is 10.2. The summed E-state index contributed by atoms with van der Waals surface area (Å²) in [5, 5.41) is 16.2. The second-order valence-electron chi connectivity index (χ2n) is 7.32. The molecule has 176 valence electrons. The van der Waals surface area contributed by atoms with Gasteiger partial charge in [0.25, 0.3) is 5.91 Å². The molecule has 0 aromatic heterocycles. The number of benzene rings is 2. The Hall–Kier alpha value is -3.15. The van der Waals surface area contributed by atoms with Crippen LogP contribution in [0.1, 0.15) is 38.8 Å². The second-order valence-corrected chi connectivity index (χ2v) is 9.15. The maximum absolute atomic E-state index is 13.5. The number of nitriles is 1. The highest BCUT2D eigenvalue weighted by Gasteiger charge is 2.38. The van der Waals surface area contributed by atoms with E-state index in [4.69, 9.17) is 4.99 Å². The highest BCUT2D eigenvalue weighted by molar-refractivity contribution is 8.19. The molecule has 6 nitrogen and oxygen atoms in total. The number of amidine groups is 1. The fourth-order valence-electron chi connectivity index (χ4n) is 3.33. The molecule has 0 atom stereocenters. The van der Waals surface area contributed by atoms with Crippen molar-refractivity contribution >= 4 is 46.0 Å². The van der Waals surface area contributed by atoms with Crippen LogP contribution in [0.5, 0.6) is 0 Å². The summed E-state index contributed by atoms with van der Waals surface area (Å²) in [7, 11) is 1.97. The van der Waals surface area contributed by atoms with Gasteiger partial charge in [-0.2, -0.15) is 5.26 Å². The van der Waals surface area contributed by atoms with E-state index in [1.165, 1.54) is 11.8 Å². The maximum Gasteiger partial charge on any atom is 0.269 e. The number of nitrogens with one attached hydrogen (secondary N) is 1. The van der Waals surface area contributed by atoms with Crippen LogP contribution in [0.25, 0.3) is 0 Å². The van der Waals surface area contributed by atoms with Crippen LogP contribution in [0.3, 0.4) is 0 Å². The van der Waals surface area contributed by atoms with E-state index < -0.39 is 0 Å². The topological polar surface area (TPSA) is 71.7 Å². The molecular weight excluding hydrogens is 462 g/mol. The van der Waals surface area contributed by atoms with E-state index in [2.05, 4.69) is 11.4 Å². The van der Waals surface area contributed by atoms with Gasteiger partial charge in [0.1, 0.15) is 4.91 Å². The molecule has 34 heavy (non-hydrogen) atoms. The minimum absolute atomic E-state index is 0.0588. The van der Waals surface area contributed by atoms with Crippen molar-refractivity contribution in [1.82, 2.24) is 9.80 Å². The fraction of sp³-hybridized carbons (Fsp3) is 0.269. The predicted molar refractivity (Wildman–Crippen MR) is 144 cm³/mol. The average Bonchev–Trinajstić information content (AvgIpc) is 3.35. The summed E-state index contributed by atoms with van der Waals surface area (Å²) in [4.78, 5) is 22.8. The molecular formula is C26H29N5OS2. The molecule has 0 unspecified atom stereocenters. The van der Waals surface area contributed by atoms with Crippen molar-refractivity contribution in [3.8, 4) is 6.07 Å². The number of allylic oxidation sites excluding steroid dienone is 1. The van der Waals surface area contributed by atoms with E-state index in [9.17, 15) is 10.1 Å². The molecule has 0 aliphatic carbocycles. The molecule has 8 heteroatoms. The minimum atomic E-state index is -0.0588. The van der Waals surface area contributed by atoms with E-state index in [0.29, 0.717) is 27.9 Å². The molecule has 0 spiro atoms. The van der Waals surface area contributed by atoms with Gasteiger partial charge < -0.3 is 10.2 Å². The number of amides is 1. The lowest BCUT2D eigenvalue weighted by Crippen LogP contribution is -2.29. The smallest absolute Gasteiger partial charge is 0.269 e. The zero-order valence-electron chi connectivity index (χ0n) is 20.1. The Morgan fingerprint density at radius 3 is 2.50 bits per heavy atom. The van der Waals surface area contributed by atoms with E-state index in [-0.39, 0.29) is 5.91 Å². The first kappa shape index (κ1) is 25.5. The molecule has 2 aromatic carbocycles. The van der Waals surface area contributed by atoms with Crippen LogP contribution in [0.15, 0.2) is 74.6 Å². The summed E-state index contributed by atoms with van der Waals surface area (Å²) < 4.78 is 0. The number of nitrogens with zero attached hydrogens (tertiary/aromatic N) is 4. The molecule has 2 aliphatic heterocycles. The van der Waals surface area contributed by atoms with Crippen LogP contribution in [0.4, 0.5) is 11.4 Å². The van der Waals surface area contributed by atoms with Gasteiger partial charge >= 0.3 is 0 Å². The maximum atomic E-state index is 13.5. The Labute approximate surface area is 210 Å². The molecule has 2 aliphatic rings. The van der Waals surface area contributed by atoms with Gasteiger partial charge in [0.15, 0.2) is 5.17 Å². The second kappa shape index (κ2) is 11.8. The number of anilines is 1. The van der Waals surface area contributed by atoms with Crippen LogP contribution in [-0.2, 0) is 11.3 Å². The van der Waals surface area contributed by atoms with Gasteiger partial charge in [0.05, 0.1) is 34.6 Å². The zero-order chi connectivity index (χ0) is 24.7. The molecule has 1 saturated heterocycles. The molecule has 1 N–H and O–H groups in total. The van der Waals surface area contributed by atoms with Crippen molar-refractivity contribution in [2.45, 2.75) is 34.2 Å². The molecule has 0 bridgehead atoms. The van der Waals surface area contributed by atoms with Gasteiger partial charge in [-0.1, -0.05) is 55.9 Å². The monoisotopic (exact) mass is 491 g/mol. The molecule has 0 radical (unpaired) electrons. The third-order valence-electron chi connectivity index (χ3n) is 5.13. The summed E-state index contributed by atoms with van der Waals surface area (Å²) in [5.41, 5.74) is 4.13. The number of hydrogen-bond donors (Lipinski definition) is 1. The van der Waals surface area contributed by atoms with Crippen LogP contribution in [0, 0.1) is 11.3 Å². The Morgan fingerprint density at radius 2 is 1.88 bits per heavy atom. The average molecular weight is 492 g/mol. The number of hydrogen-bond acceptors (Lipinski definition) is 7. The predicted octanol–water partition coefficient (Wildman–Crippen LogP) is 6.49. The number of rotatable bonds is 5. The molecule has 2 aromatic rings. The normalized spacial score (nSPS) is 18.5. The van der Waals surface area contributed by atoms with Crippen molar-refractivity contribution in [1.29, 1.82) is 5.26 Å². The number of carbonyl (C=O) groups excluding carboxylic acids is 1. The van der Waals surface area contributed by atoms with Crippen molar-refractivity contribution in [2.24, 2.45) is 4.99 Å². The Morgan fingerprint density at radius 1 is 1.15 bits per heavy atom. The van der Waals surface area contributed by atoms with Gasteiger partial charge in [-0.3, -0.25) is 9.69 Å². The minimum Gasteiger partial charge on any atom is -0.384 e. The van der Waals surface area contributed by atoms with Crippen molar-refractivity contribution in [3.05, 3.63) is 80.7 Å². The lowest BCUT2D eigenvalue weighted by molar-refractivity contribution is -0.122. The summed E-state index contributed by atoms with van der Waals surface area (Å²) >= 11 is 2.94. The van der Waals surface area contributed by atoms with Gasteiger partial charge in [-0.25, -0.2) is 4.99 Å². The van der Waals surface area contributed by atoms with E-state index in [1.807, 2.05) is 81.4 Å². The molecule has 0 saturated carbocycles. The highest BCUT2D eigenvalue weighted by Crippen LogP contribution is 2.44.